The molecule has 0 aliphatic rings. The van der Waals surface area contributed by atoms with Gasteiger partial charge in [0.15, 0.2) is 0 Å². The van der Waals surface area contributed by atoms with E-state index in [0.717, 1.165) is 32.5 Å². The molecule has 0 unspecified atom stereocenters. The Bertz CT molecular complexity index is 443. The molecule has 0 heterocycles. The smallest absolute Gasteiger partial charge is 0.407 e. The van der Waals surface area contributed by atoms with E-state index in [1.165, 1.54) is 5.56 Å². The molecule has 0 spiro atoms. The number of carbonyl (C=O) groups excluding carboxylic acids is 1. The fraction of sp³-hybridized carbons (Fsp3) is 0.611. The Balaban J connectivity index is 2.32. The molecular weight excluding hydrogens is 290 g/mol. The van der Waals surface area contributed by atoms with E-state index in [1.807, 2.05) is 26.8 Å². The van der Waals surface area contributed by atoms with Gasteiger partial charge in [0, 0.05) is 19.6 Å². The van der Waals surface area contributed by atoms with Crippen molar-refractivity contribution in [3.63, 3.8) is 0 Å². The van der Waals surface area contributed by atoms with Gasteiger partial charge in [0.2, 0.25) is 0 Å². The van der Waals surface area contributed by atoms with Gasteiger partial charge < -0.3 is 15.8 Å². The highest BCUT2D eigenvalue weighted by Gasteiger charge is 2.15. The Hall–Kier alpha value is -1.59. The molecule has 5 heteroatoms. The first kappa shape index (κ1) is 19.5. The lowest BCUT2D eigenvalue weighted by molar-refractivity contribution is 0.0525. The molecule has 0 radical (unpaired) electrons. The van der Waals surface area contributed by atoms with Crippen LogP contribution in [0.5, 0.6) is 0 Å². The molecule has 0 aromatic heterocycles. The van der Waals surface area contributed by atoms with Gasteiger partial charge in [0.25, 0.3) is 0 Å². The number of nitrogens with two attached hydrogens (primary N) is 1. The standard InChI is InChI=1S/C18H31N3O2/c1-18(2,3)23-17(22)20-12-8-14-21(13-7-11-19)15-16-9-5-4-6-10-16/h4-6,9-10H,7-8,11-15,19H2,1-3H3,(H,20,22). The number of alkyl carbamates (subject to hydrolysis) is 1. The highest BCUT2D eigenvalue weighted by molar-refractivity contribution is 5.67. The van der Waals surface area contributed by atoms with Crippen molar-refractivity contribution in [3.8, 4) is 0 Å². The Morgan fingerprint density at radius 2 is 1.83 bits per heavy atom. The monoisotopic (exact) mass is 321 g/mol. The number of rotatable bonds is 9. The van der Waals surface area contributed by atoms with Crippen molar-refractivity contribution in [1.82, 2.24) is 10.2 Å². The first-order valence-electron chi connectivity index (χ1n) is 8.34. The molecular formula is C18H31N3O2. The summed E-state index contributed by atoms with van der Waals surface area (Å²) in [6, 6.07) is 10.4. The van der Waals surface area contributed by atoms with Crippen LogP contribution in [0, 0.1) is 0 Å². The van der Waals surface area contributed by atoms with Crippen molar-refractivity contribution >= 4 is 6.09 Å². The third-order valence-corrected chi connectivity index (χ3v) is 3.25. The molecule has 5 nitrogen and oxygen atoms in total. The maximum Gasteiger partial charge on any atom is 0.407 e. The highest BCUT2D eigenvalue weighted by Crippen LogP contribution is 2.07. The minimum absolute atomic E-state index is 0.353. The lowest BCUT2D eigenvalue weighted by atomic mass is 10.2. The average Bonchev–Trinajstić information content (AvgIpc) is 2.48. The maximum absolute atomic E-state index is 11.6. The molecule has 130 valence electrons. The molecule has 0 saturated heterocycles. The molecule has 0 saturated carbocycles. The molecule has 1 aromatic rings. The molecule has 1 aromatic carbocycles. The minimum atomic E-state index is -0.454. The van der Waals surface area contributed by atoms with Crippen molar-refractivity contribution in [2.45, 2.75) is 45.8 Å². The number of benzene rings is 1. The number of hydrogen-bond donors (Lipinski definition) is 2. The average molecular weight is 321 g/mol. The van der Waals surface area contributed by atoms with Crippen LogP contribution in [-0.4, -0.2) is 42.8 Å². The second-order valence-corrected chi connectivity index (χ2v) is 6.69. The molecule has 0 atom stereocenters. The second-order valence-electron chi connectivity index (χ2n) is 6.69. The Labute approximate surface area is 140 Å². The van der Waals surface area contributed by atoms with Crippen molar-refractivity contribution in [1.29, 1.82) is 0 Å². The van der Waals surface area contributed by atoms with Crippen molar-refractivity contribution in [3.05, 3.63) is 35.9 Å². The molecule has 23 heavy (non-hydrogen) atoms. The van der Waals surface area contributed by atoms with Gasteiger partial charge in [-0.1, -0.05) is 30.3 Å². The number of amides is 1. The van der Waals surface area contributed by atoms with Crippen LogP contribution >= 0.6 is 0 Å². The van der Waals surface area contributed by atoms with E-state index in [0.29, 0.717) is 13.1 Å². The van der Waals surface area contributed by atoms with E-state index in [2.05, 4.69) is 34.5 Å². The number of hydrogen-bond acceptors (Lipinski definition) is 4. The third-order valence-electron chi connectivity index (χ3n) is 3.25. The highest BCUT2D eigenvalue weighted by atomic mass is 16.6. The predicted molar refractivity (Wildman–Crippen MR) is 94.2 cm³/mol. The zero-order chi connectivity index (χ0) is 17.1. The molecule has 1 amide bonds. The van der Waals surface area contributed by atoms with E-state index in [4.69, 9.17) is 10.5 Å². The van der Waals surface area contributed by atoms with Crippen LogP contribution in [0.4, 0.5) is 4.79 Å². The largest absolute Gasteiger partial charge is 0.444 e. The van der Waals surface area contributed by atoms with E-state index >= 15 is 0 Å². The lowest BCUT2D eigenvalue weighted by Gasteiger charge is -2.23. The van der Waals surface area contributed by atoms with Gasteiger partial charge in [-0.2, -0.15) is 0 Å². The van der Waals surface area contributed by atoms with Gasteiger partial charge >= 0.3 is 6.09 Å². The van der Waals surface area contributed by atoms with E-state index in [1.54, 1.807) is 0 Å². The summed E-state index contributed by atoms with van der Waals surface area (Å²) in [6.07, 6.45) is 1.51. The lowest BCUT2D eigenvalue weighted by Crippen LogP contribution is -2.34. The molecule has 0 fully saturated rings. The summed E-state index contributed by atoms with van der Waals surface area (Å²) in [5.74, 6) is 0. The molecule has 1 rings (SSSR count). The van der Waals surface area contributed by atoms with Gasteiger partial charge in [-0.3, -0.25) is 4.90 Å². The number of nitrogens with one attached hydrogen (secondary N) is 1. The van der Waals surface area contributed by atoms with Gasteiger partial charge in [-0.25, -0.2) is 4.79 Å². The van der Waals surface area contributed by atoms with Crippen molar-refractivity contribution < 1.29 is 9.53 Å². The predicted octanol–water partition coefficient (Wildman–Crippen LogP) is 2.75. The van der Waals surface area contributed by atoms with Gasteiger partial charge in [0.05, 0.1) is 0 Å². The SMILES string of the molecule is CC(C)(C)OC(=O)NCCCN(CCCN)Cc1ccccc1. The van der Waals surface area contributed by atoms with Crippen molar-refractivity contribution in [2.24, 2.45) is 5.73 Å². The summed E-state index contributed by atoms with van der Waals surface area (Å²) in [4.78, 5) is 14.0. The fourth-order valence-corrected chi connectivity index (χ4v) is 2.23. The molecule has 0 aliphatic carbocycles. The van der Waals surface area contributed by atoms with E-state index in [-0.39, 0.29) is 6.09 Å². The van der Waals surface area contributed by atoms with Crippen LogP contribution in [-0.2, 0) is 11.3 Å². The summed E-state index contributed by atoms with van der Waals surface area (Å²) >= 11 is 0. The van der Waals surface area contributed by atoms with Gasteiger partial charge in [0.1, 0.15) is 5.60 Å². The summed E-state index contributed by atoms with van der Waals surface area (Å²) in [5, 5.41) is 2.80. The Morgan fingerprint density at radius 3 is 2.43 bits per heavy atom. The Kier molecular flexibility index (Phi) is 8.66. The minimum Gasteiger partial charge on any atom is -0.444 e. The summed E-state index contributed by atoms with van der Waals surface area (Å²) in [6.45, 7) is 9.70. The second kappa shape index (κ2) is 10.2. The van der Waals surface area contributed by atoms with E-state index < -0.39 is 5.60 Å². The number of ether oxygens (including phenoxy) is 1. The zero-order valence-corrected chi connectivity index (χ0v) is 14.7. The summed E-state index contributed by atoms with van der Waals surface area (Å²) in [5.41, 5.74) is 6.47. The molecule has 0 bridgehead atoms. The Morgan fingerprint density at radius 1 is 1.17 bits per heavy atom. The summed E-state index contributed by atoms with van der Waals surface area (Å²) < 4.78 is 5.23. The normalized spacial score (nSPS) is 11.5. The van der Waals surface area contributed by atoms with Crippen LogP contribution in [0.3, 0.4) is 0 Å². The number of carbonyl (C=O) groups is 1. The first-order chi connectivity index (χ1) is 10.9. The van der Waals surface area contributed by atoms with Crippen LogP contribution in [0.15, 0.2) is 30.3 Å². The number of nitrogens with zero attached hydrogens (tertiary/aromatic N) is 1. The van der Waals surface area contributed by atoms with Crippen LogP contribution in [0.1, 0.15) is 39.2 Å². The molecule has 0 aliphatic heterocycles. The van der Waals surface area contributed by atoms with Crippen LogP contribution < -0.4 is 11.1 Å². The fourth-order valence-electron chi connectivity index (χ4n) is 2.23. The van der Waals surface area contributed by atoms with E-state index in [9.17, 15) is 4.79 Å². The third kappa shape index (κ3) is 9.92. The first-order valence-corrected chi connectivity index (χ1v) is 8.34. The van der Waals surface area contributed by atoms with Gasteiger partial charge in [-0.15, -0.1) is 0 Å². The zero-order valence-electron chi connectivity index (χ0n) is 14.7. The topological polar surface area (TPSA) is 67.6 Å². The quantitative estimate of drug-likeness (QED) is 0.686. The van der Waals surface area contributed by atoms with Gasteiger partial charge in [-0.05, 0) is 52.3 Å². The van der Waals surface area contributed by atoms with Crippen molar-refractivity contribution in [2.75, 3.05) is 26.2 Å². The van der Waals surface area contributed by atoms with Crippen LogP contribution in [0.25, 0.3) is 0 Å². The maximum atomic E-state index is 11.6. The molecule has 3 N–H and O–H groups in total. The summed E-state index contributed by atoms with van der Waals surface area (Å²) in [7, 11) is 0. The van der Waals surface area contributed by atoms with Crippen LogP contribution in [0.2, 0.25) is 0 Å².